The summed E-state index contributed by atoms with van der Waals surface area (Å²) in [6.45, 7) is 3.99. The van der Waals surface area contributed by atoms with Crippen LogP contribution in [0.15, 0.2) is 17.3 Å². The molecule has 0 radical (unpaired) electrons. The van der Waals surface area contributed by atoms with E-state index in [0.29, 0.717) is 0 Å². The molecule has 0 aliphatic carbocycles. The first-order chi connectivity index (χ1) is 10.8. The monoisotopic (exact) mass is 435 g/mol. The molecule has 1 heterocycles. The Labute approximate surface area is 158 Å². The standard InChI is InChI=1S/C17H33N5.HI/c1-4-5-6-7-8-9-10-11-13-19-17(18-2)20-15-16-12-14-21-22(16)3;/h12,14H,4-11,13,15H2,1-3H3,(H2,18,19,20);1H. The summed E-state index contributed by atoms with van der Waals surface area (Å²) in [7, 11) is 3.76. The van der Waals surface area contributed by atoms with Gasteiger partial charge in [0, 0.05) is 26.8 Å². The molecular weight excluding hydrogens is 401 g/mol. The van der Waals surface area contributed by atoms with E-state index in [4.69, 9.17) is 0 Å². The molecule has 0 spiro atoms. The third-order valence-corrected chi connectivity index (χ3v) is 3.91. The Hall–Kier alpha value is -0.790. The van der Waals surface area contributed by atoms with Gasteiger partial charge in [-0.15, -0.1) is 24.0 Å². The minimum atomic E-state index is 0. The van der Waals surface area contributed by atoms with Gasteiger partial charge in [-0.3, -0.25) is 9.67 Å². The van der Waals surface area contributed by atoms with Gasteiger partial charge in [0.05, 0.1) is 12.2 Å². The van der Waals surface area contributed by atoms with Crippen LogP contribution in [0.3, 0.4) is 0 Å². The lowest BCUT2D eigenvalue weighted by Gasteiger charge is -2.11. The molecule has 0 aromatic carbocycles. The van der Waals surface area contributed by atoms with E-state index in [1.807, 2.05) is 31.0 Å². The van der Waals surface area contributed by atoms with Crippen molar-refractivity contribution in [1.29, 1.82) is 0 Å². The van der Waals surface area contributed by atoms with Crippen molar-refractivity contribution in [2.75, 3.05) is 13.6 Å². The van der Waals surface area contributed by atoms with Crippen LogP contribution >= 0.6 is 24.0 Å². The van der Waals surface area contributed by atoms with E-state index in [1.54, 1.807) is 0 Å². The molecule has 0 amide bonds. The van der Waals surface area contributed by atoms with E-state index >= 15 is 0 Å². The fourth-order valence-corrected chi connectivity index (χ4v) is 2.44. The smallest absolute Gasteiger partial charge is 0.191 e. The zero-order chi connectivity index (χ0) is 16.0. The second-order valence-electron chi connectivity index (χ2n) is 5.77. The van der Waals surface area contributed by atoms with E-state index in [2.05, 4.69) is 27.6 Å². The number of rotatable bonds is 11. The van der Waals surface area contributed by atoms with Crippen molar-refractivity contribution in [3.8, 4) is 0 Å². The van der Waals surface area contributed by atoms with Gasteiger partial charge in [0.2, 0.25) is 0 Å². The van der Waals surface area contributed by atoms with Gasteiger partial charge in [-0.1, -0.05) is 51.9 Å². The second kappa shape index (κ2) is 14.8. The van der Waals surface area contributed by atoms with Gasteiger partial charge in [0.25, 0.3) is 0 Å². The third kappa shape index (κ3) is 10.6. The Balaban J connectivity index is 0.00000484. The van der Waals surface area contributed by atoms with Gasteiger partial charge < -0.3 is 10.6 Å². The molecule has 1 aromatic rings. The molecule has 134 valence electrons. The number of nitrogens with one attached hydrogen (secondary N) is 2. The molecule has 0 saturated carbocycles. The number of unbranched alkanes of at least 4 members (excludes halogenated alkanes) is 7. The summed E-state index contributed by atoms with van der Waals surface area (Å²) in [6, 6.07) is 2.01. The van der Waals surface area contributed by atoms with Crippen molar-refractivity contribution < 1.29 is 0 Å². The Bertz CT molecular complexity index is 417. The first-order valence-electron chi connectivity index (χ1n) is 8.69. The summed E-state index contributed by atoms with van der Waals surface area (Å²) in [5.41, 5.74) is 1.15. The van der Waals surface area contributed by atoms with Crippen LogP contribution in [-0.4, -0.2) is 29.3 Å². The maximum atomic E-state index is 4.25. The average molecular weight is 435 g/mol. The highest BCUT2D eigenvalue weighted by molar-refractivity contribution is 14.0. The van der Waals surface area contributed by atoms with E-state index in [-0.39, 0.29) is 24.0 Å². The molecule has 0 unspecified atom stereocenters. The first-order valence-corrected chi connectivity index (χ1v) is 8.69. The van der Waals surface area contributed by atoms with E-state index in [9.17, 15) is 0 Å². The highest BCUT2D eigenvalue weighted by Crippen LogP contribution is 2.07. The molecule has 23 heavy (non-hydrogen) atoms. The molecular formula is C17H34IN5. The van der Waals surface area contributed by atoms with Crippen LogP contribution in [0.5, 0.6) is 0 Å². The number of halogens is 1. The van der Waals surface area contributed by atoms with Crippen LogP contribution < -0.4 is 10.6 Å². The van der Waals surface area contributed by atoms with Crippen LogP contribution in [0.1, 0.15) is 64.0 Å². The number of aromatic nitrogens is 2. The van der Waals surface area contributed by atoms with Crippen LogP contribution in [0.25, 0.3) is 0 Å². The van der Waals surface area contributed by atoms with Crippen LogP contribution in [0, 0.1) is 0 Å². The summed E-state index contributed by atoms with van der Waals surface area (Å²) in [5.74, 6) is 0.865. The fraction of sp³-hybridized carbons (Fsp3) is 0.765. The van der Waals surface area contributed by atoms with Crippen molar-refractivity contribution >= 4 is 29.9 Å². The molecule has 1 aromatic heterocycles. The van der Waals surface area contributed by atoms with E-state index in [1.165, 1.54) is 51.4 Å². The zero-order valence-corrected chi connectivity index (χ0v) is 17.3. The highest BCUT2D eigenvalue weighted by atomic mass is 127. The highest BCUT2D eigenvalue weighted by Gasteiger charge is 2.00. The van der Waals surface area contributed by atoms with E-state index in [0.717, 1.165) is 24.7 Å². The summed E-state index contributed by atoms with van der Waals surface area (Å²) in [4.78, 5) is 4.25. The third-order valence-electron chi connectivity index (χ3n) is 3.91. The normalized spacial score (nSPS) is 11.2. The quantitative estimate of drug-likeness (QED) is 0.240. The number of hydrogen-bond acceptors (Lipinski definition) is 2. The lowest BCUT2D eigenvalue weighted by atomic mass is 10.1. The largest absolute Gasteiger partial charge is 0.356 e. The van der Waals surface area contributed by atoms with Crippen molar-refractivity contribution in [3.05, 3.63) is 18.0 Å². The lowest BCUT2D eigenvalue weighted by Crippen LogP contribution is -2.37. The SMILES string of the molecule is CCCCCCCCCCNC(=NC)NCc1ccnn1C.I. The van der Waals surface area contributed by atoms with Gasteiger partial charge in [0.15, 0.2) is 5.96 Å². The maximum Gasteiger partial charge on any atom is 0.191 e. The molecule has 5 nitrogen and oxygen atoms in total. The van der Waals surface area contributed by atoms with Gasteiger partial charge in [-0.25, -0.2) is 0 Å². The summed E-state index contributed by atoms with van der Waals surface area (Å²) in [6.07, 6.45) is 12.6. The van der Waals surface area contributed by atoms with Gasteiger partial charge >= 0.3 is 0 Å². The van der Waals surface area contributed by atoms with Gasteiger partial charge in [-0.05, 0) is 12.5 Å². The second-order valence-corrected chi connectivity index (χ2v) is 5.77. The molecule has 1 rings (SSSR count). The van der Waals surface area contributed by atoms with Crippen molar-refractivity contribution in [2.45, 2.75) is 64.8 Å². The topological polar surface area (TPSA) is 54.2 Å². The Morgan fingerprint density at radius 2 is 1.74 bits per heavy atom. The maximum absolute atomic E-state index is 4.25. The minimum absolute atomic E-state index is 0. The van der Waals surface area contributed by atoms with Gasteiger partial charge in [0.1, 0.15) is 0 Å². The summed E-state index contributed by atoms with van der Waals surface area (Å²) in [5, 5.41) is 10.8. The van der Waals surface area contributed by atoms with Crippen LogP contribution in [0.2, 0.25) is 0 Å². The van der Waals surface area contributed by atoms with Crippen molar-refractivity contribution in [2.24, 2.45) is 12.0 Å². The van der Waals surface area contributed by atoms with E-state index < -0.39 is 0 Å². The molecule has 0 atom stereocenters. The zero-order valence-electron chi connectivity index (χ0n) is 15.0. The van der Waals surface area contributed by atoms with Crippen molar-refractivity contribution in [3.63, 3.8) is 0 Å². The van der Waals surface area contributed by atoms with Crippen LogP contribution in [0.4, 0.5) is 0 Å². The molecule has 0 saturated heterocycles. The molecule has 0 bridgehead atoms. The number of aliphatic imine (C=N–C) groups is 1. The van der Waals surface area contributed by atoms with Gasteiger partial charge in [-0.2, -0.15) is 5.10 Å². The van der Waals surface area contributed by atoms with Crippen molar-refractivity contribution in [1.82, 2.24) is 20.4 Å². The number of aryl methyl sites for hydroxylation is 1. The molecule has 0 fully saturated rings. The Morgan fingerprint density at radius 1 is 1.09 bits per heavy atom. The molecule has 6 heteroatoms. The Morgan fingerprint density at radius 3 is 2.30 bits per heavy atom. The Kier molecular flexibility index (Phi) is 14.3. The predicted octanol–water partition coefficient (Wildman–Crippen LogP) is 3.84. The number of hydrogen-bond donors (Lipinski definition) is 2. The average Bonchev–Trinajstić information content (AvgIpc) is 2.94. The van der Waals surface area contributed by atoms with Crippen LogP contribution in [-0.2, 0) is 13.6 Å². The molecule has 2 N–H and O–H groups in total. The summed E-state index contributed by atoms with van der Waals surface area (Å²) >= 11 is 0. The molecule has 0 aliphatic rings. The summed E-state index contributed by atoms with van der Waals surface area (Å²) < 4.78 is 1.87. The molecule has 0 aliphatic heterocycles. The number of guanidine groups is 1. The first kappa shape index (κ1) is 22.2. The number of nitrogens with zero attached hydrogens (tertiary/aromatic N) is 3. The fourth-order valence-electron chi connectivity index (χ4n) is 2.44. The minimum Gasteiger partial charge on any atom is -0.356 e. The predicted molar refractivity (Wildman–Crippen MR) is 109 cm³/mol. The lowest BCUT2D eigenvalue weighted by molar-refractivity contribution is 0.571.